The van der Waals surface area contributed by atoms with Crippen LogP contribution in [0.15, 0.2) is 18.2 Å². The molecule has 1 heterocycles. The lowest BCUT2D eigenvalue weighted by Crippen LogP contribution is -2.52. The monoisotopic (exact) mass is 313 g/mol. The SMILES string of the molecule is COCC1(C(=O)O)CCCN(C(=O)c2c(F)cccc2F)C1. The van der Waals surface area contributed by atoms with Crippen molar-refractivity contribution in [3.63, 3.8) is 0 Å². The first-order chi connectivity index (χ1) is 10.4. The molecule has 1 atom stereocenters. The number of hydrogen-bond acceptors (Lipinski definition) is 3. The van der Waals surface area contributed by atoms with Crippen molar-refractivity contribution in [2.24, 2.45) is 5.41 Å². The van der Waals surface area contributed by atoms with Gasteiger partial charge in [0.05, 0.1) is 6.61 Å². The average Bonchev–Trinajstić information content (AvgIpc) is 2.47. The summed E-state index contributed by atoms with van der Waals surface area (Å²) in [4.78, 5) is 25.1. The summed E-state index contributed by atoms with van der Waals surface area (Å²) >= 11 is 0. The number of nitrogens with zero attached hydrogens (tertiary/aromatic N) is 1. The van der Waals surface area contributed by atoms with E-state index in [-0.39, 0.29) is 19.7 Å². The van der Waals surface area contributed by atoms with E-state index in [1.54, 1.807) is 0 Å². The molecule has 0 bridgehead atoms. The lowest BCUT2D eigenvalue weighted by atomic mass is 9.80. The number of aliphatic carboxylic acids is 1. The summed E-state index contributed by atoms with van der Waals surface area (Å²) in [5.74, 6) is -3.83. The minimum Gasteiger partial charge on any atom is -0.481 e. The van der Waals surface area contributed by atoms with Gasteiger partial charge in [-0.25, -0.2) is 8.78 Å². The van der Waals surface area contributed by atoms with Crippen molar-refractivity contribution in [3.8, 4) is 0 Å². The molecular weight excluding hydrogens is 296 g/mol. The predicted molar refractivity (Wildman–Crippen MR) is 73.4 cm³/mol. The van der Waals surface area contributed by atoms with Gasteiger partial charge in [0.1, 0.15) is 22.6 Å². The first-order valence-electron chi connectivity index (χ1n) is 6.87. The smallest absolute Gasteiger partial charge is 0.313 e. The Morgan fingerprint density at radius 1 is 1.36 bits per heavy atom. The highest BCUT2D eigenvalue weighted by molar-refractivity contribution is 5.95. The number of hydrogen-bond donors (Lipinski definition) is 1. The summed E-state index contributed by atoms with van der Waals surface area (Å²) in [6.07, 6.45) is 0.775. The van der Waals surface area contributed by atoms with Crippen LogP contribution in [0, 0.1) is 17.0 Å². The van der Waals surface area contributed by atoms with Gasteiger partial charge in [0.2, 0.25) is 0 Å². The van der Waals surface area contributed by atoms with Gasteiger partial charge in [0.15, 0.2) is 0 Å². The topological polar surface area (TPSA) is 66.8 Å². The maximum absolute atomic E-state index is 13.7. The summed E-state index contributed by atoms with van der Waals surface area (Å²) < 4.78 is 32.4. The second-order valence-electron chi connectivity index (χ2n) is 5.45. The Bertz CT molecular complexity index is 569. The second kappa shape index (κ2) is 6.39. The van der Waals surface area contributed by atoms with E-state index in [0.29, 0.717) is 12.8 Å². The summed E-state index contributed by atoms with van der Waals surface area (Å²) in [7, 11) is 1.38. The van der Waals surface area contributed by atoms with E-state index >= 15 is 0 Å². The number of carbonyl (C=O) groups excluding carboxylic acids is 1. The number of carbonyl (C=O) groups is 2. The normalized spacial score (nSPS) is 21.7. The Labute approximate surface area is 126 Å². The van der Waals surface area contributed by atoms with Gasteiger partial charge < -0.3 is 14.7 Å². The van der Waals surface area contributed by atoms with E-state index in [1.165, 1.54) is 18.1 Å². The number of likely N-dealkylation sites (tertiary alicyclic amines) is 1. The van der Waals surface area contributed by atoms with Crippen LogP contribution in [0.25, 0.3) is 0 Å². The van der Waals surface area contributed by atoms with Crippen LogP contribution in [0.5, 0.6) is 0 Å². The van der Waals surface area contributed by atoms with Crippen LogP contribution in [-0.2, 0) is 9.53 Å². The highest BCUT2D eigenvalue weighted by Crippen LogP contribution is 2.32. The number of rotatable bonds is 4. The molecule has 0 aromatic heterocycles. The third kappa shape index (κ3) is 2.94. The molecule has 1 aromatic carbocycles. The standard InChI is InChI=1S/C15H17F2NO4/c1-22-9-15(14(20)21)6-3-7-18(8-15)13(19)12-10(16)4-2-5-11(12)17/h2,4-5H,3,6-9H2,1H3,(H,20,21). The molecular formula is C15H17F2NO4. The fourth-order valence-electron chi connectivity index (χ4n) is 2.80. The third-order valence-corrected chi connectivity index (χ3v) is 3.92. The average molecular weight is 313 g/mol. The van der Waals surface area contributed by atoms with E-state index in [4.69, 9.17) is 4.74 Å². The van der Waals surface area contributed by atoms with E-state index in [2.05, 4.69) is 0 Å². The highest BCUT2D eigenvalue weighted by atomic mass is 19.1. The molecule has 1 N–H and O–H groups in total. The number of amides is 1. The van der Waals surface area contributed by atoms with Gasteiger partial charge >= 0.3 is 5.97 Å². The fraction of sp³-hybridized carbons (Fsp3) is 0.467. The Morgan fingerprint density at radius 3 is 2.55 bits per heavy atom. The van der Waals surface area contributed by atoms with Crippen LogP contribution < -0.4 is 0 Å². The molecule has 1 amide bonds. The van der Waals surface area contributed by atoms with Gasteiger partial charge in [-0.15, -0.1) is 0 Å². The summed E-state index contributed by atoms with van der Waals surface area (Å²) in [6, 6.07) is 3.17. The Balaban J connectivity index is 2.29. The highest BCUT2D eigenvalue weighted by Gasteiger charge is 2.44. The molecule has 22 heavy (non-hydrogen) atoms. The molecule has 120 valence electrons. The summed E-state index contributed by atoms with van der Waals surface area (Å²) in [6.45, 7) is 0.0556. The number of benzene rings is 1. The van der Waals surface area contributed by atoms with Crippen LogP contribution >= 0.6 is 0 Å². The van der Waals surface area contributed by atoms with E-state index in [0.717, 1.165) is 12.1 Å². The predicted octanol–water partition coefficient (Wildman–Crippen LogP) is 1.92. The number of ether oxygens (including phenoxy) is 1. The first-order valence-corrected chi connectivity index (χ1v) is 6.87. The molecule has 0 saturated carbocycles. The first kappa shape index (κ1) is 16.4. The molecule has 5 nitrogen and oxygen atoms in total. The van der Waals surface area contributed by atoms with Crippen molar-refractivity contribution >= 4 is 11.9 Å². The van der Waals surface area contributed by atoms with E-state index in [9.17, 15) is 23.5 Å². The molecule has 2 rings (SSSR count). The molecule has 1 aliphatic rings. The van der Waals surface area contributed by atoms with Crippen LogP contribution in [0.3, 0.4) is 0 Å². The van der Waals surface area contributed by atoms with Crippen LogP contribution in [-0.4, -0.2) is 48.7 Å². The number of piperidine rings is 1. The molecule has 0 aliphatic carbocycles. The van der Waals surface area contributed by atoms with Gasteiger partial charge in [0, 0.05) is 20.2 Å². The van der Waals surface area contributed by atoms with Crippen LogP contribution in [0.4, 0.5) is 8.78 Å². The van der Waals surface area contributed by atoms with Crippen molar-refractivity contribution in [1.82, 2.24) is 4.90 Å². The molecule has 7 heteroatoms. The molecule has 1 saturated heterocycles. The quantitative estimate of drug-likeness (QED) is 0.922. The van der Waals surface area contributed by atoms with Gasteiger partial charge in [-0.1, -0.05) is 6.07 Å². The fourth-order valence-corrected chi connectivity index (χ4v) is 2.80. The minimum atomic E-state index is -1.25. The zero-order valence-corrected chi connectivity index (χ0v) is 12.1. The summed E-state index contributed by atoms with van der Waals surface area (Å²) in [5.41, 5.74) is -1.90. The van der Waals surface area contributed by atoms with Crippen molar-refractivity contribution in [3.05, 3.63) is 35.4 Å². The molecule has 1 aliphatic heterocycles. The lowest BCUT2D eigenvalue weighted by Gasteiger charge is -2.39. The Morgan fingerprint density at radius 2 is 2.00 bits per heavy atom. The number of carboxylic acid groups (broad SMARTS) is 1. The number of methoxy groups -OCH3 is 1. The lowest BCUT2D eigenvalue weighted by molar-refractivity contribution is -0.155. The van der Waals surface area contributed by atoms with Crippen LogP contribution in [0.2, 0.25) is 0 Å². The van der Waals surface area contributed by atoms with Gasteiger partial charge in [-0.2, -0.15) is 0 Å². The van der Waals surface area contributed by atoms with Gasteiger partial charge in [0.25, 0.3) is 5.91 Å². The molecule has 1 aromatic rings. The minimum absolute atomic E-state index is 0.0636. The van der Waals surface area contributed by atoms with Crippen LogP contribution in [0.1, 0.15) is 23.2 Å². The molecule has 1 unspecified atom stereocenters. The van der Waals surface area contributed by atoms with Crippen molar-refractivity contribution in [2.75, 3.05) is 26.8 Å². The number of halogens is 2. The van der Waals surface area contributed by atoms with E-state index < -0.39 is 34.5 Å². The Kier molecular flexibility index (Phi) is 4.75. The van der Waals surface area contributed by atoms with Gasteiger partial charge in [-0.3, -0.25) is 9.59 Å². The zero-order chi connectivity index (χ0) is 16.3. The van der Waals surface area contributed by atoms with Crippen molar-refractivity contribution in [2.45, 2.75) is 12.8 Å². The molecule has 0 spiro atoms. The largest absolute Gasteiger partial charge is 0.481 e. The second-order valence-corrected chi connectivity index (χ2v) is 5.45. The third-order valence-electron chi connectivity index (χ3n) is 3.92. The maximum Gasteiger partial charge on any atom is 0.313 e. The summed E-state index contributed by atoms with van der Waals surface area (Å²) in [5, 5.41) is 9.43. The van der Waals surface area contributed by atoms with Crippen molar-refractivity contribution < 1.29 is 28.2 Å². The Hall–Kier alpha value is -2.02. The van der Waals surface area contributed by atoms with Gasteiger partial charge in [-0.05, 0) is 25.0 Å². The van der Waals surface area contributed by atoms with Crippen molar-refractivity contribution in [1.29, 1.82) is 0 Å². The zero-order valence-electron chi connectivity index (χ0n) is 12.1. The number of carboxylic acids is 1. The maximum atomic E-state index is 13.7. The van der Waals surface area contributed by atoms with E-state index in [1.807, 2.05) is 0 Å². The molecule has 1 fully saturated rings. The molecule has 0 radical (unpaired) electrons.